The summed E-state index contributed by atoms with van der Waals surface area (Å²) < 4.78 is 23.3. The zero-order chi connectivity index (χ0) is 17.0. The van der Waals surface area contributed by atoms with Gasteiger partial charge in [0.15, 0.2) is 9.84 Å². The first-order valence-electron chi connectivity index (χ1n) is 7.05. The molecule has 0 saturated carbocycles. The fourth-order valence-corrected chi connectivity index (χ4v) is 2.89. The molecule has 118 valence electrons. The predicted molar refractivity (Wildman–Crippen MR) is 91.3 cm³/mol. The molecule has 5 heteroatoms. The van der Waals surface area contributed by atoms with Gasteiger partial charge in [-0.3, -0.25) is 4.79 Å². The van der Waals surface area contributed by atoms with Crippen molar-refractivity contribution in [1.29, 1.82) is 0 Å². The van der Waals surface area contributed by atoms with E-state index in [-0.39, 0.29) is 10.8 Å². The molecule has 0 fully saturated rings. The molecular weight excluding hydrogens is 310 g/mol. The number of benzene rings is 2. The Kier molecular flexibility index (Phi) is 4.87. The van der Waals surface area contributed by atoms with Crippen molar-refractivity contribution in [1.82, 2.24) is 0 Å². The van der Waals surface area contributed by atoms with Crippen molar-refractivity contribution in [2.24, 2.45) is 0 Å². The van der Waals surface area contributed by atoms with Gasteiger partial charge < -0.3 is 4.90 Å². The number of anilines is 1. The molecule has 0 unspecified atom stereocenters. The molecule has 0 saturated heterocycles. The SMILES string of the molecule is C#Cc1cccc(N(CC)C(=O)c2cccc(S(C)(=O)=O)c2)c1. The van der Waals surface area contributed by atoms with Crippen molar-refractivity contribution in [3.63, 3.8) is 0 Å². The molecule has 0 radical (unpaired) electrons. The first-order valence-corrected chi connectivity index (χ1v) is 8.94. The molecule has 0 aliphatic rings. The fraction of sp³-hybridized carbons (Fsp3) is 0.167. The molecule has 0 atom stereocenters. The molecule has 4 nitrogen and oxygen atoms in total. The molecule has 0 spiro atoms. The fourth-order valence-electron chi connectivity index (χ4n) is 2.22. The number of amides is 1. The van der Waals surface area contributed by atoms with Crippen molar-refractivity contribution < 1.29 is 13.2 Å². The average Bonchev–Trinajstić information content (AvgIpc) is 2.55. The van der Waals surface area contributed by atoms with Gasteiger partial charge in [-0.1, -0.05) is 18.1 Å². The van der Waals surface area contributed by atoms with Crippen LogP contribution in [-0.4, -0.2) is 27.1 Å². The van der Waals surface area contributed by atoms with Crippen LogP contribution >= 0.6 is 0 Å². The highest BCUT2D eigenvalue weighted by Gasteiger charge is 2.18. The van der Waals surface area contributed by atoms with E-state index in [9.17, 15) is 13.2 Å². The van der Waals surface area contributed by atoms with Gasteiger partial charge in [-0.15, -0.1) is 6.42 Å². The summed E-state index contributed by atoms with van der Waals surface area (Å²) >= 11 is 0. The van der Waals surface area contributed by atoms with E-state index in [2.05, 4.69) is 5.92 Å². The van der Waals surface area contributed by atoms with Crippen LogP contribution in [-0.2, 0) is 9.84 Å². The van der Waals surface area contributed by atoms with E-state index in [4.69, 9.17) is 6.42 Å². The minimum absolute atomic E-state index is 0.122. The summed E-state index contributed by atoms with van der Waals surface area (Å²) in [6.07, 6.45) is 6.51. The van der Waals surface area contributed by atoms with Crippen LogP contribution in [0.25, 0.3) is 0 Å². The Balaban J connectivity index is 2.43. The summed E-state index contributed by atoms with van der Waals surface area (Å²) in [5.41, 5.74) is 1.68. The third kappa shape index (κ3) is 3.79. The van der Waals surface area contributed by atoms with E-state index < -0.39 is 9.84 Å². The number of carbonyl (C=O) groups is 1. The standard InChI is InChI=1S/C18H17NO3S/c1-4-14-8-6-10-16(12-14)19(5-2)18(20)15-9-7-11-17(13-15)23(3,21)22/h1,6-13H,5H2,2-3H3. The minimum Gasteiger partial charge on any atom is -0.309 e. The zero-order valence-corrected chi connectivity index (χ0v) is 13.8. The van der Waals surface area contributed by atoms with Crippen LogP contribution in [0.4, 0.5) is 5.69 Å². The van der Waals surface area contributed by atoms with E-state index >= 15 is 0 Å². The monoisotopic (exact) mass is 327 g/mol. The van der Waals surface area contributed by atoms with Gasteiger partial charge in [0.2, 0.25) is 0 Å². The largest absolute Gasteiger partial charge is 0.309 e. The number of hydrogen-bond acceptors (Lipinski definition) is 3. The number of nitrogens with zero attached hydrogens (tertiary/aromatic N) is 1. The summed E-state index contributed by atoms with van der Waals surface area (Å²) in [5, 5.41) is 0. The number of hydrogen-bond donors (Lipinski definition) is 0. The smallest absolute Gasteiger partial charge is 0.258 e. The molecule has 0 aliphatic heterocycles. The Morgan fingerprint density at radius 2 is 1.87 bits per heavy atom. The highest BCUT2D eigenvalue weighted by molar-refractivity contribution is 7.90. The van der Waals surface area contributed by atoms with Crippen molar-refractivity contribution >= 4 is 21.4 Å². The lowest BCUT2D eigenvalue weighted by Crippen LogP contribution is -2.30. The highest BCUT2D eigenvalue weighted by atomic mass is 32.2. The molecule has 0 aliphatic carbocycles. The van der Waals surface area contributed by atoms with Crippen molar-refractivity contribution in [3.05, 3.63) is 59.7 Å². The third-order valence-corrected chi connectivity index (χ3v) is 4.51. The lowest BCUT2D eigenvalue weighted by molar-refractivity contribution is 0.0988. The highest BCUT2D eigenvalue weighted by Crippen LogP contribution is 2.20. The molecule has 2 aromatic carbocycles. The van der Waals surface area contributed by atoms with Gasteiger partial charge in [0.1, 0.15) is 0 Å². The Labute approximate surface area is 136 Å². The minimum atomic E-state index is -3.36. The molecule has 0 aromatic heterocycles. The van der Waals surface area contributed by atoms with E-state index in [0.717, 1.165) is 6.26 Å². The summed E-state index contributed by atoms with van der Waals surface area (Å²) in [4.78, 5) is 14.4. The summed E-state index contributed by atoms with van der Waals surface area (Å²) in [6, 6.07) is 13.1. The van der Waals surface area contributed by atoms with Gasteiger partial charge in [-0.05, 0) is 43.3 Å². The normalized spacial score (nSPS) is 10.8. The molecule has 0 bridgehead atoms. The summed E-state index contributed by atoms with van der Waals surface area (Å²) in [5.74, 6) is 2.27. The molecule has 2 rings (SSSR count). The predicted octanol–water partition coefficient (Wildman–Crippen LogP) is 2.74. The maximum atomic E-state index is 12.7. The Morgan fingerprint density at radius 3 is 2.48 bits per heavy atom. The van der Waals surface area contributed by atoms with Crippen molar-refractivity contribution in [2.45, 2.75) is 11.8 Å². The molecule has 0 heterocycles. The van der Waals surface area contributed by atoms with Crippen LogP contribution in [0.2, 0.25) is 0 Å². The number of terminal acetylenes is 1. The van der Waals surface area contributed by atoms with Crippen LogP contribution in [0, 0.1) is 12.3 Å². The quantitative estimate of drug-likeness (QED) is 0.811. The topological polar surface area (TPSA) is 54.5 Å². The Bertz CT molecular complexity index is 879. The maximum Gasteiger partial charge on any atom is 0.258 e. The molecule has 0 N–H and O–H groups in total. The van der Waals surface area contributed by atoms with Gasteiger partial charge in [-0.25, -0.2) is 8.42 Å². The van der Waals surface area contributed by atoms with Crippen LogP contribution < -0.4 is 4.90 Å². The number of rotatable bonds is 4. The second-order valence-electron chi connectivity index (χ2n) is 5.04. The zero-order valence-electron chi connectivity index (χ0n) is 13.0. The van der Waals surface area contributed by atoms with Gasteiger partial charge in [0, 0.05) is 29.6 Å². The Hall–Kier alpha value is -2.58. The van der Waals surface area contributed by atoms with E-state index in [1.807, 2.05) is 6.92 Å². The van der Waals surface area contributed by atoms with Crippen molar-refractivity contribution in [3.8, 4) is 12.3 Å². The van der Waals surface area contributed by atoms with E-state index in [0.29, 0.717) is 23.4 Å². The van der Waals surface area contributed by atoms with E-state index in [1.165, 1.54) is 12.1 Å². The maximum absolute atomic E-state index is 12.7. The summed E-state index contributed by atoms with van der Waals surface area (Å²) in [7, 11) is -3.36. The Morgan fingerprint density at radius 1 is 1.17 bits per heavy atom. The van der Waals surface area contributed by atoms with Crippen LogP contribution in [0.5, 0.6) is 0 Å². The molecular formula is C18H17NO3S. The van der Waals surface area contributed by atoms with Gasteiger partial charge in [0.05, 0.1) is 4.90 Å². The van der Waals surface area contributed by atoms with Gasteiger partial charge in [-0.2, -0.15) is 0 Å². The average molecular weight is 327 g/mol. The van der Waals surface area contributed by atoms with Gasteiger partial charge >= 0.3 is 0 Å². The number of carbonyl (C=O) groups excluding carboxylic acids is 1. The van der Waals surface area contributed by atoms with Crippen LogP contribution in [0.3, 0.4) is 0 Å². The second kappa shape index (κ2) is 6.67. The third-order valence-electron chi connectivity index (χ3n) is 3.40. The molecule has 1 amide bonds. The molecule has 2 aromatic rings. The van der Waals surface area contributed by atoms with Crippen LogP contribution in [0.15, 0.2) is 53.4 Å². The number of sulfone groups is 1. The van der Waals surface area contributed by atoms with E-state index in [1.54, 1.807) is 41.3 Å². The lowest BCUT2D eigenvalue weighted by Gasteiger charge is -2.21. The molecule has 23 heavy (non-hydrogen) atoms. The first-order chi connectivity index (χ1) is 10.9. The lowest BCUT2D eigenvalue weighted by atomic mass is 10.1. The van der Waals surface area contributed by atoms with Crippen LogP contribution in [0.1, 0.15) is 22.8 Å². The second-order valence-corrected chi connectivity index (χ2v) is 7.06. The van der Waals surface area contributed by atoms with Gasteiger partial charge in [0.25, 0.3) is 5.91 Å². The van der Waals surface area contributed by atoms with Crippen molar-refractivity contribution in [2.75, 3.05) is 17.7 Å². The first kappa shape index (κ1) is 16.8. The summed E-state index contributed by atoms with van der Waals surface area (Å²) in [6.45, 7) is 2.29.